The zero-order valence-electron chi connectivity index (χ0n) is 9.93. The molecule has 0 saturated heterocycles. The third-order valence-electron chi connectivity index (χ3n) is 2.47. The molecule has 1 aromatic rings. The van der Waals surface area contributed by atoms with Crippen molar-refractivity contribution < 1.29 is 0 Å². The van der Waals surface area contributed by atoms with Crippen LogP contribution in [-0.2, 0) is 0 Å². The number of hydrogen-bond donors (Lipinski definition) is 1. The van der Waals surface area contributed by atoms with Crippen molar-refractivity contribution in [2.45, 2.75) is 39.7 Å². The molecule has 0 aromatic carbocycles. The fourth-order valence-corrected chi connectivity index (χ4v) is 3.09. The average Bonchev–Trinajstić information content (AvgIpc) is 2.51. The standard InChI is InChI=1S/C12H20BrNS/c1-12(2,3)8-7-9(14-4)10-5-6-11(13)15-10/h5-6,9,14H,7-8H2,1-4H3. The van der Waals surface area contributed by atoms with E-state index in [0.717, 1.165) is 0 Å². The zero-order valence-corrected chi connectivity index (χ0v) is 12.3. The van der Waals surface area contributed by atoms with Crippen molar-refractivity contribution in [1.29, 1.82) is 0 Å². The van der Waals surface area contributed by atoms with Gasteiger partial charge in [0.25, 0.3) is 0 Å². The van der Waals surface area contributed by atoms with E-state index in [2.05, 4.69) is 54.2 Å². The van der Waals surface area contributed by atoms with Gasteiger partial charge in [-0.25, -0.2) is 0 Å². The van der Waals surface area contributed by atoms with E-state index >= 15 is 0 Å². The maximum atomic E-state index is 3.51. The summed E-state index contributed by atoms with van der Waals surface area (Å²) >= 11 is 5.34. The van der Waals surface area contributed by atoms with Crippen molar-refractivity contribution >= 4 is 27.3 Å². The molecule has 1 unspecified atom stereocenters. The molecule has 1 atom stereocenters. The van der Waals surface area contributed by atoms with Gasteiger partial charge in [-0.15, -0.1) is 11.3 Å². The number of nitrogens with one attached hydrogen (secondary N) is 1. The van der Waals surface area contributed by atoms with Crippen LogP contribution in [0.2, 0.25) is 0 Å². The molecule has 0 bridgehead atoms. The summed E-state index contributed by atoms with van der Waals surface area (Å²) < 4.78 is 1.22. The number of thiophene rings is 1. The Bertz CT molecular complexity index is 301. The Balaban J connectivity index is 2.57. The van der Waals surface area contributed by atoms with Crippen LogP contribution in [0.25, 0.3) is 0 Å². The molecule has 1 heterocycles. The van der Waals surface area contributed by atoms with Gasteiger partial charge in [-0.2, -0.15) is 0 Å². The van der Waals surface area contributed by atoms with Crippen molar-refractivity contribution in [1.82, 2.24) is 5.32 Å². The molecule has 15 heavy (non-hydrogen) atoms. The molecular weight excluding hydrogens is 270 g/mol. The van der Waals surface area contributed by atoms with Gasteiger partial charge in [0.2, 0.25) is 0 Å². The molecule has 86 valence electrons. The van der Waals surface area contributed by atoms with Crippen molar-refractivity contribution in [3.05, 3.63) is 20.8 Å². The Kier molecular flexibility index (Phi) is 4.81. The molecule has 1 rings (SSSR count). The summed E-state index contributed by atoms with van der Waals surface area (Å²) in [5, 5.41) is 3.39. The monoisotopic (exact) mass is 289 g/mol. The van der Waals surface area contributed by atoms with E-state index in [-0.39, 0.29) is 0 Å². The summed E-state index contributed by atoms with van der Waals surface area (Å²) in [5.41, 5.74) is 0.420. The molecular formula is C12H20BrNS. The molecule has 0 amide bonds. The first-order chi connectivity index (χ1) is 6.92. The zero-order chi connectivity index (χ0) is 11.5. The first kappa shape index (κ1) is 13.2. The van der Waals surface area contributed by atoms with Crippen LogP contribution in [0.3, 0.4) is 0 Å². The summed E-state index contributed by atoms with van der Waals surface area (Å²) in [6, 6.07) is 4.83. The molecule has 1 nitrogen and oxygen atoms in total. The van der Waals surface area contributed by atoms with Gasteiger partial charge in [-0.3, -0.25) is 0 Å². The summed E-state index contributed by atoms with van der Waals surface area (Å²) in [6.45, 7) is 6.89. The SMILES string of the molecule is CNC(CCC(C)(C)C)c1ccc(Br)s1. The predicted molar refractivity (Wildman–Crippen MR) is 72.5 cm³/mol. The van der Waals surface area contributed by atoms with Crippen molar-refractivity contribution in [3.63, 3.8) is 0 Å². The molecule has 0 aliphatic rings. The van der Waals surface area contributed by atoms with Gasteiger partial charge in [0, 0.05) is 10.9 Å². The van der Waals surface area contributed by atoms with Crippen molar-refractivity contribution in [2.75, 3.05) is 7.05 Å². The molecule has 0 fully saturated rings. The van der Waals surface area contributed by atoms with E-state index < -0.39 is 0 Å². The van der Waals surface area contributed by atoms with Crippen LogP contribution in [0.15, 0.2) is 15.9 Å². The highest BCUT2D eigenvalue weighted by molar-refractivity contribution is 9.11. The minimum absolute atomic E-state index is 0.420. The van der Waals surface area contributed by atoms with Gasteiger partial charge < -0.3 is 5.32 Å². The second-order valence-corrected chi connectivity index (χ2v) is 7.58. The highest BCUT2D eigenvalue weighted by Crippen LogP contribution is 2.32. The maximum absolute atomic E-state index is 3.51. The largest absolute Gasteiger partial charge is 0.312 e. The van der Waals surface area contributed by atoms with Crippen LogP contribution < -0.4 is 5.32 Å². The highest BCUT2D eigenvalue weighted by Gasteiger charge is 2.16. The lowest BCUT2D eigenvalue weighted by Crippen LogP contribution is -2.17. The Hall–Kier alpha value is 0.140. The summed E-state index contributed by atoms with van der Waals surface area (Å²) in [7, 11) is 2.04. The van der Waals surface area contributed by atoms with Crippen LogP contribution in [0.4, 0.5) is 0 Å². The fourth-order valence-electron chi connectivity index (χ4n) is 1.52. The fraction of sp³-hybridized carbons (Fsp3) is 0.667. The third-order valence-corrected chi connectivity index (χ3v) is 4.21. The Labute approximate surface area is 105 Å². The van der Waals surface area contributed by atoms with Crippen LogP contribution in [0.1, 0.15) is 44.5 Å². The third kappa shape index (κ3) is 4.66. The maximum Gasteiger partial charge on any atom is 0.0701 e. The highest BCUT2D eigenvalue weighted by atomic mass is 79.9. The quantitative estimate of drug-likeness (QED) is 0.854. The summed E-state index contributed by atoms with van der Waals surface area (Å²) in [4.78, 5) is 1.42. The molecule has 0 radical (unpaired) electrons. The first-order valence-corrected chi connectivity index (χ1v) is 6.96. The van der Waals surface area contributed by atoms with E-state index in [4.69, 9.17) is 0 Å². The minimum Gasteiger partial charge on any atom is -0.312 e. The minimum atomic E-state index is 0.420. The molecule has 0 saturated carbocycles. The van der Waals surface area contributed by atoms with Crippen LogP contribution in [-0.4, -0.2) is 7.05 Å². The molecule has 0 aliphatic heterocycles. The normalized spacial score (nSPS) is 14.2. The number of hydrogen-bond acceptors (Lipinski definition) is 2. The Morgan fingerprint density at radius 3 is 2.47 bits per heavy atom. The predicted octanol–water partition coefficient (Wildman–Crippen LogP) is 4.60. The lowest BCUT2D eigenvalue weighted by Gasteiger charge is -2.22. The lowest BCUT2D eigenvalue weighted by molar-refractivity contribution is 0.339. The molecule has 1 N–H and O–H groups in total. The molecule has 1 aromatic heterocycles. The van der Waals surface area contributed by atoms with Gasteiger partial charge in [0.05, 0.1) is 3.79 Å². The molecule has 3 heteroatoms. The van der Waals surface area contributed by atoms with Crippen molar-refractivity contribution in [2.24, 2.45) is 5.41 Å². The van der Waals surface area contributed by atoms with Gasteiger partial charge in [0.15, 0.2) is 0 Å². The topological polar surface area (TPSA) is 12.0 Å². The van der Waals surface area contributed by atoms with E-state index in [1.165, 1.54) is 21.5 Å². The second kappa shape index (κ2) is 5.46. The van der Waals surface area contributed by atoms with Crippen LogP contribution >= 0.6 is 27.3 Å². The van der Waals surface area contributed by atoms with Gasteiger partial charge in [-0.05, 0) is 53.4 Å². The van der Waals surface area contributed by atoms with Crippen molar-refractivity contribution in [3.8, 4) is 0 Å². The van der Waals surface area contributed by atoms with E-state index in [9.17, 15) is 0 Å². The molecule has 0 spiro atoms. The van der Waals surface area contributed by atoms with E-state index in [0.29, 0.717) is 11.5 Å². The number of rotatable bonds is 4. The van der Waals surface area contributed by atoms with E-state index in [1.807, 2.05) is 18.4 Å². The summed E-state index contributed by atoms with van der Waals surface area (Å²) in [6.07, 6.45) is 2.45. The van der Waals surface area contributed by atoms with E-state index in [1.54, 1.807) is 0 Å². The lowest BCUT2D eigenvalue weighted by atomic mass is 9.88. The first-order valence-electron chi connectivity index (χ1n) is 5.35. The van der Waals surface area contributed by atoms with Gasteiger partial charge in [-0.1, -0.05) is 20.8 Å². The smallest absolute Gasteiger partial charge is 0.0701 e. The van der Waals surface area contributed by atoms with Crippen LogP contribution in [0, 0.1) is 5.41 Å². The van der Waals surface area contributed by atoms with Crippen LogP contribution in [0.5, 0.6) is 0 Å². The molecule has 0 aliphatic carbocycles. The Morgan fingerprint density at radius 2 is 2.07 bits per heavy atom. The van der Waals surface area contributed by atoms with Gasteiger partial charge in [0.1, 0.15) is 0 Å². The Morgan fingerprint density at radius 1 is 1.40 bits per heavy atom. The van der Waals surface area contributed by atoms with Gasteiger partial charge >= 0.3 is 0 Å². The number of halogens is 1. The summed E-state index contributed by atoms with van der Waals surface area (Å²) in [5.74, 6) is 0. The second-order valence-electron chi connectivity index (χ2n) is 5.08. The average molecular weight is 290 g/mol.